The SMILES string of the molecule is CC(C)(C)C(=O)Nc1ccc(-c2ccc(N3CCC3=O)cc2)cn1. The number of carbonyl (C=O) groups is 2. The van der Waals surface area contributed by atoms with Gasteiger partial charge in [-0.05, 0) is 29.8 Å². The molecule has 1 fully saturated rings. The summed E-state index contributed by atoms with van der Waals surface area (Å²) < 4.78 is 0. The smallest absolute Gasteiger partial charge is 0.230 e. The van der Waals surface area contributed by atoms with Gasteiger partial charge in [-0.25, -0.2) is 4.98 Å². The Morgan fingerprint density at radius 3 is 2.21 bits per heavy atom. The molecular weight excluding hydrogens is 302 g/mol. The molecule has 1 aliphatic heterocycles. The van der Waals surface area contributed by atoms with Crippen LogP contribution in [-0.4, -0.2) is 23.3 Å². The lowest BCUT2D eigenvalue weighted by Gasteiger charge is -2.30. The highest BCUT2D eigenvalue weighted by molar-refractivity contribution is 5.99. The van der Waals surface area contributed by atoms with E-state index in [0.29, 0.717) is 12.2 Å². The number of carbonyl (C=O) groups excluding carboxylic acids is 2. The Bertz CT molecular complexity index is 759. The zero-order chi connectivity index (χ0) is 17.3. The van der Waals surface area contributed by atoms with Gasteiger partial charge in [0.2, 0.25) is 11.8 Å². The molecule has 5 nitrogen and oxygen atoms in total. The third-order valence-electron chi connectivity index (χ3n) is 4.05. The van der Waals surface area contributed by atoms with E-state index in [1.54, 1.807) is 17.2 Å². The minimum Gasteiger partial charge on any atom is -0.312 e. The van der Waals surface area contributed by atoms with Crippen molar-refractivity contribution in [3.63, 3.8) is 0 Å². The number of benzene rings is 1. The minimum absolute atomic E-state index is 0.0636. The highest BCUT2D eigenvalue weighted by atomic mass is 16.2. The van der Waals surface area contributed by atoms with Crippen molar-refractivity contribution < 1.29 is 9.59 Å². The first kappa shape index (κ1) is 16.2. The van der Waals surface area contributed by atoms with Crippen LogP contribution in [0.1, 0.15) is 27.2 Å². The van der Waals surface area contributed by atoms with Crippen molar-refractivity contribution in [2.45, 2.75) is 27.2 Å². The lowest BCUT2D eigenvalue weighted by atomic mass is 9.96. The van der Waals surface area contributed by atoms with Crippen LogP contribution in [0.4, 0.5) is 11.5 Å². The molecule has 0 atom stereocenters. The third kappa shape index (κ3) is 3.30. The molecule has 2 amide bonds. The Morgan fingerprint density at radius 2 is 1.75 bits per heavy atom. The number of amides is 2. The van der Waals surface area contributed by atoms with Gasteiger partial charge < -0.3 is 10.2 Å². The molecule has 5 heteroatoms. The Hall–Kier alpha value is -2.69. The van der Waals surface area contributed by atoms with Gasteiger partial charge in [-0.15, -0.1) is 0 Å². The molecule has 3 rings (SSSR count). The summed E-state index contributed by atoms with van der Waals surface area (Å²) in [5, 5.41) is 2.81. The molecule has 2 aromatic rings. The highest BCUT2D eigenvalue weighted by Crippen LogP contribution is 2.26. The van der Waals surface area contributed by atoms with Crippen molar-refractivity contribution >= 4 is 23.3 Å². The number of aromatic nitrogens is 1. The van der Waals surface area contributed by atoms with Crippen LogP contribution in [0.5, 0.6) is 0 Å². The van der Waals surface area contributed by atoms with E-state index in [1.807, 2.05) is 51.1 Å². The summed E-state index contributed by atoms with van der Waals surface area (Å²) in [7, 11) is 0. The first-order valence-corrected chi connectivity index (χ1v) is 8.03. The van der Waals surface area contributed by atoms with Crippen LogP contribution < -0.4 is 10.2 Å². The Balaban J connectivity index is 1.71. The van der Waals surface area contributed by atoms with E-state index < -0.39 is 5.41 Å². The third-order valence-corrected chi connectivity index (χ3v) is 4.05. The summed E-state index contributed by atoms with van der Waals surface area (Å²) in [5.74, 6) is 0.649. The monoisotopic (exact) mass is 323 g/mol. The van der Waals surface area contributed by atoms with Crippen LogP contribution in [-0.2, 0) is 9.59 Å². The lowest BCUT2D eigenvalue weighted by molar-refractivity contribution is -0.123. The second-order valence-electron chi connectivity index (χ2n) is 6.98. The van der Waals surface area contributed by atoms with Gasteiger partial charge >= 0.3 is 0 Å². The lowest BCUT2D eigenvalue weighted by Crippen LogP contribution is -2.43. The highest BCUT2D eigenvalue weighted by Gasteiger charge is 2.25. The number of pyridine rings is 1. The zero-order valence-electron chi connectivity index (χ0n) is 14.2. The van der Waals surface area contributed by atoms with Crippen LogP contribution in [0.15, 0.2) is 42.6 Å². The summed E-state index contributed by atoms with van der Waals surface area (Å²) in [6.45, 7) is 6.38. The van der Waals surface area contributed by atoms with Crippen molar-refractivity contribution in [1.82, 2.24) is 4.98 Å². The average Bonchev–Trinajstić information content (AvgIpc) is 2.54. The summed E-state index contributed by atoms with van der Waals surface area (Å²) in [6, 6.07) is 11.6. The second-order valence-corrected chi connectivity index (χ2v) is 6.98. The quantitative estimate of drug-likeness (QED) is 0.880. The van der Waals surface area contributed by atoms with Crippen LogP contribution in [0.25, 0.3) is 11.1 Å². The maximum absolute atomic E-state index is 12.0. The summed E-state index contributed by atoms with van der Waals surface area (Å²) in [4.78, 5) is 29.5. The van der Waals surface area contributed by atoms with Crippen molar-refractivity contribution in [3.05, 3.63) is 42.6 Å². The van der Waals surface area contributed by atoms with E-state index in [4.69, 9.17) is 0 Å². The van der Waals surface area contributed by atoms with Crippen molar-refractivity contribution in [2.24, 2.45) is 5.41 Å². The van der Waals surface area contributed by atoms with Gasteiger partial charge in [0, 0.05) is 35.8 Å². The van der Waals surface area contributed by atoms with E-state index in [2.05, 4.69) is 10.3 Å². The summed E-state index contributed by atoms with van der Waals surface area (Å²) in [5.41, 5.74) is 2.46. The molecular formula is C19H21N3O2. The normalized spacial score (nSPS) is 14.3. The molecule has 1 aromatic carbocycles. The van der Waals surface area contributed by atoms with Gasteiger partial charge in [-0.3, -0.25) is 9.59 Å². The number of hydrogen-bond acceptors (Lipinski definition) is 3. The molecule has 2 heterocycles. The number of nitrogens with one attached hydrogen (secondary N) is 1. The fourth-order valence-electron chi connectivity index (χ4n) is 2.36. The zero-order valence-corrected chi connectivity index (χ0v) is 14.2. The van der Waals surface area contributed by atoms with Crippen molar-refractivity contribution in [3.8, 4) is 11.1 Å². The van der Waals surface area contributed by atoms with Gasteiger partial charge in [0.15, 0.2) is 0 Å². The van der Waals surface area contributed by atoms with E-state index in [0.717, 1.165) is 23.4 Å². The molecule has 0 bridgehead atoms. The van der Waals surface area contributed by atoms with Crippen LogP contribution in [0.3, 0.4) is 0 Å². The number of anilines is 2. The van der Waals surface area contributed by atoms with Gasteiger partial charge in [-0.1, -0.05) is 32.9 Å². The Labute approximate surface area is 141 Å². The van der Waals surface area contributed by atoms with E-state index >= 15 is 0 Å². The topological polar surface area (TPSA) is 62.3 Å². The van der Waals surface area contributed by atoms with E-state index in [9.17, 15) is 9.59 Å². The van der Waals surface area contributed by atoms with Gasteiger partial charge in [0.1, 0.15) is 5.82 Å². The maximum atomic E-state index is 12.0. The molecule has 24 heavy (non-hydrogen) atoms. The molecule has 0 radical (unpaired) electrons. The largest absolute Gasteiger partial charge is 0.312 e. The Kier molecular flexibility index (Phi) is 4.09. The maximum Gasteiger partial charge on any atom is 0.230 e. The molecule has 1 aliphatic rings. The van der Waals surface area contributed by atoms with E-state index in [-0.39, 0.29) is 11.8 Å². The molecule has 0 saturated carbocycles. The van der Waals surface area contributed by atoms with E-state index in [1.165, 1.54) is 0 Å². The molecule has 0 spiro atoms. The van der Waals surface area contributed by atoms with Gasteiger partial charge in [0.25, 0.3) is 0 Å². The Morgan fingerprint density at radius 1 is 1.08 bits per heavy atom. The number of nitrogens with zero attached hydrogens (tertiary/aromatic N) is 2. The van der Waals surface area contributed by atoms with Gasteiger partial charge in [0.05, 0.1) is 0 Å². The van der Waals surface area contributed by atoms with Crippen molar-refractivity contribution in [1.29, 1.82) is 0 Å². The second kappa shape index (κ2) is 6.07. The van der Waals surface area contributed by atoms with Crippen molar-refractivity contribution in [2.75, 3.05) is 16.8 Å². The number of hydrogen-bond donors (Lipinski definition) is 1. The number of rotatable bonds is 3. The standard InChI is InChI=1S/C19H21N3O2/c1-19(2,3)18(24)21-16-9-6-14(12-20-16)13-4-7-15(8-5-13)22-11-10-17(22)23/h4-9,12H,10-11H2,1-3H3,(H,20,21,24). The fourth-order valence-corrected chi connectivity index (χ4v) is 2.36. The van der Waals surface area contributed by atoms with Crippen LogP contribution in [0, 0.1) is 5.41 Å². The predicted octanol–water partition coefficient (Wildman–Crippen LogP) is 3.47. The van der Waals surface area contributed by atoms with Crippen LogP contribution in [0.2, 0.25) is 0 Å². The average molecular weight is 323 g/mol. The van der Waals surface area contributed by atoms with Gasteiger partial charge in [-0.2, -0.15) is 0 Å². The summed E-state index contributed by atoms with van der Waals surface area (Å²) in [6.07, 6.45) is 2.37. The van der Waals surface area contributed by atoms with Crippen LogP contribution >= 0.6 is 0 Å². The first-order chi connectivity index (χ1) is 11.3. The molecule has 124 valence electrons. The fraction of sp³-hybridized carbons (Fsp3) is 0.316. The molecule has 1 N–H and O–H groups in total. The molecule has 1 saturated heterocycles. The predicted molar refractivity (Wildman–Crippen MR) is 94.7 cm³/mol. The molecule has 1 aromatic heterocycles. The minimum atomic E-state index is -0.454. The molecule has 0 aliphatic carbocycles. The molecule has 0 unspecified atom stereocenters. The first-order valence-electron chi connectivity index (χ1n) is 8.03. The number of β-lactam (4-membered cyclic amide) rings is 1. The summed E-state index contributed by atoms with van der Waals surface area (Å²) >= 11 is 0.